The van der Waals surface area contributed by atoms with Gasteiger partial charge in [-0.1, -0.05) is 6.58 Å². The predicted molar refractivity (Wildman–Crippen MR) is 64.5 cm³/mol. The van der Waals surface area contributed by atoms with Crippen molar-refractivity contribution in [1.29, 1.82) is 0 Å². The van der Waals surface area contributed by atoms with Gasteiger partial charge in [0, 0.05) is 11.6 Å². The Balaban J connectivity index is 4.56. The molecule has 0 aromatic carbocycles. The van der Waals surface area contributed by atoms with E-state index in [-0.39, 0.29) is 18.6 Å². The summed E-state index contributed by atoms with van der Waals surface area (Å²) >= 11 is 0. The van der Waals surface area contributed by atoms with E-state index in [9.17, 15) is 19.1 Å². The van der Waals surface area contributed by atoms with E-state index in [4.69, 9.17) is 10.5 Å². The first-order valence-corrected chi connectivity index (χ1v) is 6.77. The molecule has 0 heterocycles. The second-order valence-electron chi connectivity index (χ2n) is 4.36. The molecule has 0 aliphatic rings. The SMILES string of the molecule is C=C(C)C(=O)OCCC(C)(C(C)N)P(=O)(O)O. The molecular weight excluding hydrogens is 245 g/mol. The molecule has 0 aromatic rings. The quantitative estimate of drug-likeness (QED) is 0.372. The van der Waals surface area contributed by atoms with Crippen molar-refractivity contribution < 1.29 is 23.9 Å². The number of hydrogen-bond donors (Lipinski definition) is 3. The third-order valence-electron chi connectivity index (χ3n) is 2.84. The van der Waals surface area contributed by atoms with Gasteiger partial charge < -0.3 is 20.3 Å². The number of nitrogens with two attached hydrogens (primary N) is 1. The maximum atomic E-state index is 11.4. The zero-order valence-corrected chi connectivity index (χ0v) is 11.2. The molecule has 100 valence electrons. The lowest BCUT2D eigenvalue weighted by molar-refractivity contribution is -0.139. The zero-order valence-electron chi connectivity index (χ0n) is 10.3. The summed E-state index contributed by atoms with van der Waals surface area (Å²) in [5.41, 5.74) is 5.82. The van der Waals surface area contributed by atoms with E-state index in [1.165, 1.54) is 20.8 Å². The minimum absolute atomic E-state index is 0.00599. The summed E-state index contributed by atoms with van der Waals surface area (Å²) in [7, 11) is -4.37. The van der Waals surface area contributed by atoms with Crippen molar-refractivity contribution in [3.63, 3.8) is 0 Å². The fourth-order valence-corrected chi connectivity index (χ4v) is 2.03. The monoisotopic (exact) mass is 265 g/mol. The van der Waals surface area contributed by atoms with Crippen LogP contribution in [-0.4, -0.2) is 33.6 Å². The Morgan fingerprint density at radius 2 is 2.06 bits per heavy atom. The van der Waals surface area contributed by atoms with Gasteiger partial charge in [-0.2, -0.15) is 0 Å². The Morgan fingerprint density at radius 1 is 1.59 bits per heavy atom. The average Bonchev–Trinajstić information content (AvgIpc) is 2.14. The van der Waals surface area contributed by atoms with Gasteiger partial charge in [0.05, 0.1) is 11.8 Å². The maximum absolute atomic E-state index is 11.4. The van der Waals surface area contributed by atoms with Crippen LogP contribution in [0.1, 0.15) is 27.2 Å². The molecular formula is C10H20NO5P. The van der Waals surface area contributed by atoms with Gasteiger partial charge in [-0.15, -0.1) is 0 Å². The van der Waals surface area contributed by atoms with Crippen LogP contribution in [0.5, 0.6) is 0 Å². The van der Waals surface area contributed by atoms with Crippen molar-refractivity contribution in [1.82, 2.24) is 0 Å². The van der Waals surface area contributed by atoms with E-state index in [1.807, 2.05) is 0 Å². The Bertz CT molecular complexity index is 349. The van der Waals surface area contributed by atoms with Crippen molar-refractivity contribution in [2.45, 2.75) is 38.4 Å². The standard InChI is InChI=1S/C10H20NO5P/c1-7(2)9(12)16-6-5-10(4,8(3)11)17(13,14)15/h8H,1,5-6,11H2,2-4H3,(H2,13,14,15). The van der Waals surface area contributed by atoms with Crippen LogP contribution in [0, 0.1) is 0 Å². The minimum Gasteiger partial charge on any atom is -0.462 e. The molecule has 0 aliphatic heterocycles. The van der Waals surface area contributed by atoms with Crippen molar-refractivity contribution in [2.75, 3.05) is 6.61 Å². The molecule has 0 bridgehead atoms. The number of esters is 1. The van der Waals surface area contributed by atoms with Crippen LogP contribution in [0.15, 0.2) is 12.2 Å². The highest BCUT2D eigenvalue weighted by atomic mass is 31.2. The molecule has 0 rings (SSSR count). The van der Waals surface area contributed by atoms with E-state index in [0.29, 0.717) is 0 Å². The molecule has 2 unspecified atom stereocenters. The molecule has 0 radical (unpaired) electrons. The van der Waals surface area contributed by atoms with E-state index in [0.717, 1.165) is 0 Å². The van der Waals surface area contributed by atoms with Crippen LogP contribution < -0.4 is 5.73 Å². The molecule has 0 aliphatic carbocycles. The third-order valence-corrected chi connectivity index (χ3v) is 4.80. The van der Waals surface area contributed by atoms with Gasteiger partial charge in [0.15, 0.2) is 0 Å². The molecule has 4 N–H and O–H groups in total. The lowest BCUT2D eigenvalue weighted by Gasteiger charge is -2.33. The molecule has 2 atom stereocenters. The largest absolute Gasteiger partial charge is 0.462 e. The summed E-state index contributed by atoms with van der Waals surface area (Å²) in [5.74, 6) is -0.581. The number of carbonyl (C=O) groups excluding carboxylic acids is 1. The fourth-order valence-electron chi connectivity index (χ4n) is 1.11. The van der Waals surface area contributed by atoms with Gasteiger partial charge >= 0.3 is 13.6 Å². The lowest BCUT2D eigenvalue weighted by Crippen LogP contribution is -2.44. The third kappa shape index (κ3) is 4.24. The average molecular weight is 265 g/mol. The van der Waals surface area contributed by atoms with Gasteiger partial charge in [0.1, 0.15) is 0 Å². The van der Waals surface area contributed by atoms with Crippen molar-refractivity contribution >= 4 is 13.6 Å². The van der Waals surface area contributed by atoms with Crippen LogP contribution in [0.2, 0.25) is 0 Å². The Kier molecular flexibility index (Phi) is 5.55. The smallest absolute Gasteiger partial charge is 0.333 e. The van der Waals surface area contributed by atoms with Crippen LogP contribution in [0.25, 0.3) is 0 Å². The topological polar surface area (TPSA) is 110 Å². The summed E-state index contributed by atoms with van der Waals surface area (Å²) in [5, 5.41) is -1.40. The van der Waals surface area contributed by atoms with Gasteiger partial charge in [-0.25, -0.2) is 4.79 Å². The van der Waals surface area contributed by atoms with Gasteiger partial charge in [-0.05, 0) is 27.2 Å². The highest BCUT2D eigenvalue weighted by Crippen LogP contribution is 2.53. The maximum Gasteiger partial charge on any atom is 0.333 e. The number of carbonyl (C=O) groups is 1. The Morgan fingerprint density at radius 3 is 2.35 bits per heavy atom. The zero-order chi connectivity index (χ0) is 13.9. The first-order valence-electron chi connectivity index (χ1n) is 5.16. The molecule has 0 spiro atoms. The number of rotatable bonds is 6. The van der Waals surface area contributed by atoms with E-state index in [2.05, 4.69) is 6.58 Å². The Hall–Kier alpha value is -0.680. The summed E-state index contributed by atoms with van der Waals surface area (Å²) in [6.45, 7) is 7.69. The van der Waals surface area contributed by atoms with E-state index >= 15 is 0 Å². The predicted octanol–water partition coefficient (Wildman–Crippen LogP) is 0.779. The number of ether oxygens (including phenoxy) is 1. The highest BCUT2D eigenvalue weighted by molar-refractivity contribution is 7.53. The minimum atomic E-state index is -4.37. The van der Waals surface area contributed by atoms with E-state index in [1.54, 1.807) is 0 Å². The van der Waals surface area contributed by atoms with Crippen LogP contribution in [0.4, 0.5) is 0 Å². The van der Waals surface area contributed by atoms with Crippen molar-refractivity contribution in [2.24, 2.45) is 5.73 Å². The van der Waals surface area contributed by atoms with Crippen LogP contribution in [0.3, 0.4) is 0 Å². The number of hydrogen-bond acceptors (Lipinski definition) is 4. The summed E-state index contributed by atoms with van der Waals surface area (Å²) in [4.78, 5) is 29.6. The second-order valence-corrected chi connectivity index (χ2v) is 6.47. The summed E-state index contributed by atoms with van der Waals surface area (Å²) in [6.07, 6.45) is -0.00599. The van der Waals surface area contributed by atoms with Crippen LogP contribution in [-0.2, 0) is 14.1 Å². The summed E-state index contributed by atoms with van der Waals surface area (Å²) < 4.78 is 16.2. The molecule has 17 heavy (non-hydrogen) atoms. The van der Waals surface area contributed by atoms with E-state index < -0.39 is 24.8 Å². The first kappa shape index (κ1) is 16.3. The molecule has 7 heteroatoms. The molecule has 0 aromatic heterocycles. The van der Waals surface area contributed by atoms with Crippen molar-refractivity contribution in [3.8, 4) is 0 Å². The first-order chi connectivity index (χ1) is 7.52. The van der Waals surface area contributed by atoms with Gasteiger partial charge in [0.25, 0.3) is 0 Å². The normalized spacial score (nSPS) is 17.1. The molecule has 0 saturated heterocycles. The highest BCUT2D eigenvalue weighted by Gasteiger charge is 2.45. The summed E-state index contributed by atoms with van der Waals surface area (Å²) in [6, 6.07) is -0.716. The van der Waals surface area contributed by atoms with Crippen LogP contribution >= 0.6 is 7.60 Å². The molecule has 0 fully saturated rings. The fraction of sp³-hybridized carbons (Fsp3) is 0.700. The Labute approximate surface area is 101 Å². The molecule has 0 saturated carbocycles. The molecule has 0 amide bonds. The second kappa shape index (κ2) is 5.78. The molecule has 6 nitrogen and oxygen atoms in total. The van der Waals surface area contributed by atoms with Crippen molar-refractivity contribution in [3.05, 3.63) is 12.2 Å². The lowest BCUT2D eigenvalue weighted by atomic mass is 10.00. The van der Waals surface area contributed by atoms with Gasteiger partial charge in [0.2, 0.25) is 0 Å². The van der Waals surface area contributed by atoms with Gasteiger partial charge in [-0.3, -0.25) is 4.57 Å².